The Morgan fingerprint density at radius 3 is 2.77 bits per heavy atom. The second-order valence-corrected chi connectivity index (χ2v) is 2.71. The molecule has 1 aromatic carbocycles. The molecule has 0 aliphatic heterocycles. The molecule has 0 saturated heterocycles. The van der Waals surface area contributed by atoms with Crippen LogP contribution in [0.1, 0.15) is 0 Å². The van der Waals surface area contributed by atoms with Crippen LogP contribution in [0.3, 0.4) is 0 Å². The summed E-state index contributed by atoms with van der Waals surface area (Å²) >= 11 is 5.43. The Bertz CT molecular complexity index is 278. The average Bonchev–Trinajstić information content (AvgIpc) is 2.15. The molecule has 2 nitrogen and oxygen atoms in total. The number of ether oxygens (including phenoxy) is 2. The minimum absolute atomic E-state index is 0.335. The van der Waals surface area contributed by atoms with Gasteiger partial charge in [0.1, 0.15) is 12.4 Å². The molecular weight excluding hydrogens is 195 g/mol. The molecule has 0 aliphatic carbocycles. The highest BCUT2D eigenvalue weighted by Gasteiger charge is 2.04. The molecule has 0 spiro atoms. The van der Waals surface area contributed by atoms with Crippen molar-refractivity contribution in [3.63, 3.8) is 0 Å². The Labute approximate surface area is 81.2 Å². The summed E-state index contributed by atoms with van der Waals surface area (Å²) in [5, 5.41) is 0. The first-order valence-corrected chi connectivity index (χ1v) is 4.33. The lowest BCUT2D eigenvalue weighted by atomic mass is 10.3. The third-order valence-electron chi connectivity index (χ3n) is 1.46. The van der Waals surface area contributed by atoms with E-state index in [4.69, 9.17) is 21.1 Å². The molecule has 0 atom stereocenters. The van der Waals surface area contributed by atoms with Crippen LogP contribution in [0, 0.1) is 5.82 Å². The summed E-state index contributed by atoms with van der Waals surface area (Å²) in [7, 11) is 1.50. The number of rotatable bonds is 4. The standard InChI is InChI=1S/C9H10ClFO2/c1-12-8-3-2-7(11)6-9(8)13-5-4-10/h2-3,6H,4-5H2,1H3. The fraction of sp³-hybridized carbons (Fsp3) is 0.333. The number of methoxy groups -OCH3 is 1. The molecule has 1 rings (SSSR count). The molecule has 0 fully saturated rings. The van der Waals surface area contributed by atoms with Crippen molar-refractivity contribution < 1.29 is 13.9 Å². The van der Waals surface area contributed by atoms with Gasteiger partial charge in [0, 0.05) is 6.07 Å². The maximum absolute atomic E-state index is 12.7. The van der Waals surface area contributed by atoms with Gasteiger partial charge in [-0.3, -0.25) is 0 Å². The van der Waals surface area contributed by atoms with E-state index in [-0.39, 0.29) is 5.82 Å². The molecule has 0 bridgehead atoms. The molecule has 0 aliphatic rings. The maximum Gasteiger partial charge on any atom is 0.164 e. The zero-order valence-corrected chi connectivity index (χ0v) is 7.97. The summed E-state index contributed by atoms with van der Waals surface area (Å²) in [4.78, 5) is 0. The summed E-state index contributed by atoms with van der Waals surface area (Å²) in [5.74, 6) is 0.889. The van der Waals surface area contributed by atoms with Crippen molar-refractivity contribution in [2.45, 2.75) is 0 Å². The molecule has 13 heavy (non-hydrogen) atoms. The lowest BCUT2D eigenvalue weighted by Gasteiger charge is -2.08. The van der Waals surface area contributed by atoms with Crippen LogP contribution in [0.2, 0.25) is 0 Å². The van der Waals surface area contributed by atoms with Crippen molar-refractivity contribution in [2.75, 3.05) is 19.6 Å². The summed E-state index contributed by atoms with van der Waals surface area (Å²) in [6, 6.07) is 4.09. The van der Waals surface area contributed by atoms with E-state index in [1.54, 1.807) is 0 Å². The second kappa shape index (κ2) is 4.92. The third kappa shape index (κ3) is 2.77. The van der Waals surface area contributed by atoms with Crippen LogP contribution in [0.15, 0.2) is 18.2 Å². The van der Waals surface area contributed by atoms with Crippen LogP contribution in [0.25, 0.3) is 0 Å². The van der Waals surface area contributed by atoms with Gasteiger partial charge in [0.25, 0.3) is 0 Å². The Balaban J connectivity index is 2.81. The molecule has 72 valence electrons. The van der Waals surface area contributed by atoms with Crippen LogP contribution in [-0.2, 0) is 0 Å². The zero-order chi connectivity index (χ0) is 9.68. The van der Waals surface area contributed by atoms with Crippen molar-refractivity contribution in [3.05, 3.63) is 24.0 Å². The van der Waals surface area contributed by atoms with Gasteiger partial charge >= 0.3 is 0 Å². The van der Waals surface area contributed by atoms with Crippen molar-refractivity contribution in [2.24, 2.45) is 0 Å². The van der Waals surface area contributed by atoms with E-state index in [0.29, 0.717) is 24.0 Å². The summed E-state index contributed by atoms with van der Waals surface area (Å²) in [6.07, 6.45) is 0. The Morgan fingerprint density at radius 1 is 1.38 bits per heavy atom. The minimum Gasteiger partial charge on any atom is -0.493 e. The van der Waals surface area contributed by atoms with E-state index in [1.807, 2.05) is 0 Å². The van der Waals surface area contributed by atoms with Gasteiger partial charge in [-0.2, -0.15) is 0 Å². The summed E-state index contributed by atoms with van der Waals surface area (Å²) < 4.78 is 22.9. The van der Waals surface area contributed by atoms with Crippen molar-refractivity contribution in [3.8, 4) is 11.5 Å². The second-order valence-electron chi connectivity index (χ2n) is 2.33. The molecule has 0 aromatic heterocycles. The summed E-state index contributed by atoms with van der Waals surface area (Å²) in [5.41, 5.74) is 0. The van der Waals surface area contributed by atoms with E-state index < -0.39 is 0 Å². The Kier molecular flexibility index (Phi) is 3.83. The molecule has 0 N–H and O–H groups in total. The number of alkyl halides is 1. The molecule has 0 radical (unpaired) electrons. The molecular formula is C9H10ClFO2. The van der Waals surface area contributed by atoms with Gasteiger partial charge < -0.3 is 9.47 Å². The first-order chi connectivity index (χ1) is 6.27. The molecule has 4 heteroatoms. The van der Waals surface area contributed by atoms with Crippen LogP contribution in [-0.4, -0.2) is 19.6 Å². The Morgan fingerprint density at radius 2 is 2.15 bits per heavy atom. The van der Waals surface area contributed by atoms with E-state index in [0.717, 1.165) is 0 Å². The van der Waals surface area contributed by atoms with Gasteiger partial charge in [0.15, 0.2) is 11.5 Å². The van der Waals surface area contributed by atoms with Crippen LogP contribution in [0.4, 0.5) is 4.39 Å². The molecule has 1 aromatic rings. The molecule has 0 amide bonds. The highest BCUT2D eigenvalue weighted by atomic mass is 35.5. The largest absolute Gasteiger partial charge is 0.493 e. The monoisotopic (exact) mass is 204 g/mol. The first-order valence-electron chi connectivity index (χ1n) is 3.80. The van der Waals surface area contributed by atoms with Gasteiger partial charge in [0.05, 0.1) is 13.0 Å². The quantitative estimate of drug-likeness (QED) is 0.702. The van der Waals surface area contributed by atoms with Gasteiger partial charge in [0.2, 0.25) is 0 Å². The third-order valence-corrected chi connectivity index (χ3v) is 1.61. The maximum atomic E-state index is 12.7. The van der Waals surface area contributed by atoms with E-state index in [2.05, 4.69) is 0 Å². The predicted molar refractivity (Wildman–Crippen MR) is 49.2 cm³/mol. The smallest absolute Gasteiger partial charge is 0.164 e. The number of hydrogen-bond acceptors (Lipinski definition) is 2. The Hall–Kier alpha value is -0.960. The molecule has 0 saturated carbocycles. The predicted octanol–water partition coefficient (Wildman–Crippen LogP) is 2.45. The van der Waals surface area contributed by atoms with Crippen molar-refractivity contribution in [1.29, 1.82) is 0 Å². The van der Waals surface area contributed by atoms with E-state index in [9.17, 15) is 4.39 Å². The molecule has 0 unspecified atom stereocenters. The van der Waals surface area contributed by atoms with Crippen molar-refractivity contribution >= 4 is 11.6 Å². The number of hydrogen-bond donors (Lipinski definition) is 0. The fourth-order valence-corrected chi connectivity index (χ4v) is 0.989. The highest BCUT2D eigenvalue weighted by molar-refractivity contribution is 6.18. The van der Waals surface area contributed by atoms with E-state index in [1.165, 1.54) is 25.3 Å². The number of halogens is 2. The van der Waals surface area contributed by atoms with Gasteiger partial charge in [-0.05, 0) is 12.1 Å². The van der Waals surface area contributed by atoms with Gasteiger partial charge in [-0.1, -0.05) is 0 Å². The zero-order valence-electron chi connectivity index (χ0n) is 7.22. The first kappa shape index (κ1) is 10.1. The minimum atomic E-state index is -0.356. The van der Waals surface area contributed by atoms with Crippen LogP contribution >= 0.6 is 11.6 Å². The van der Waals surface area contributed by atoms with Crippen LogP contribution < -0.4 is 9.47 Å². The lowest BCUT2D eigenvalue weighted by Crippen LogP contribution is -2.00. The number of benzene rings is 1. The van der Waals surface area contributed by atoms with E-state index >= 15 is 0 Å². The van der Waals surface area contributed by atoms with Crippen molar-refractivity contribution in [1.82, 2.24) is 0 Å². The topological polar surface area (TPSA) is 18.5 Å². The molecule has 0 heterocycles. The SMILES string of the molecule is COc1ccc(F)cc1OCCCl. The normalized spacial score (nSPS) is 9.77. The fourth-order valence-electron chi connectivity index (χ4n) is 0.912. The lowest BCUT2D eigenvalue weighted by molar-refractivity contribution is 0.310. The highest BCUT2D eigenvalue weighted by Crippen LogP contribution is 2.27. The average molecular weight is 205 g/mol. The van der Waals surface area contributed by atoms with Gasteiger partial charge in [-0.15, -0.1) is 11.6 Å². The van der Waals surface area contributed by atoms with Crippen LogP contribution in [0.5, 0.6) is 11.5 Å². The summed E-state index contributed by atoms with van der Waals surface area (Å²) in [6.45, 7) is 0.335. The van der Waals surface area contributed by atoms with Gasteiger partial charge in [-0.25, -0.2) is 4.39 Å².